The molecule has 0 aliphatic heterocycles. The predicted octanol–water partition coefficient (Wildman–Crippen LogP) is 4.85. The fourth-order valence-electron chi connectivity index (χ4n) is 6.06. The van der Waals surface area contributed by atoms with E-state index in [0.717, 1.165) is 25.0 Å². The number of nitrogens with zero attached hydrogens (tertiary/aromatic N) is 2. The molecular weight excluding hydrogens is 434 g/mol. The van der Waals surface area contributed by atoms with Crippen molar-refractivity contribution in [2.24, 2.45) is 28.6 Å². The van der Waals surface area contributed by atoms with Crippen LogP contribution in [0.2, 0.25) is 0 Å². The number of likely N-dealkylation sites (N-methyl/N-ethyl adjacent to an activating group) is 1. The molecule has 1 fully saturated rings. The van der Waals surface area contributed by atoms with Gasteiger partial charge in [0.2, 0.25) is 11.8 Å². The van der Waals surface area contributed by atoms with E-state index in [1.165, 1.54) is 4.88 Å². The summed E-state index contributed by atoms with van der Waals surface area (Å²) < 4.78 is 0. The molecule has 184 valence electrons. The molecule has 6 nitrogen and oxygen atoms in total. The molecule has 6 atom stereocenters. The van der Waals surface area contributed by atoms with Crippen LogP contribution in [0.3, 0.4) is 0 Å². The number of aliphatic hydroxyl groups excluding tert-OH is 1. The van der Waals surface area contributed by atoms with Crippen LogP contribution in [0.1, 0.15) is 77.3 Å². The topological polar surface area (TPSA) is 82.5 Å². The Bertz CT molecular complexity index is 905. The van der Waals surface area contributed by atoms with E-state index in [1.54, 1.807) is 29.4 Å². The molecule has 1 heterocycles. The Morgan fingerprint density at radius 2 is 2.09 bits per heavy atom. The average Bonchev–Trinajstić information content (AvgIpc) is 3.07. The highest BCUT2D eigenvalue weighted by molar-refractivity contribution is 7.15. The van der Waals surface area contributed by atoms with Crippen molar-refractivity contribution in [3.8, 4) is 0 Å². The van der Waals surface area contributed by atoms with Gasteiger partial charge >= 0.3 is 0 Å². The van der Waals surface area contributed by atoms with Crippen LogP contribution in [-0.4, -0.2) is 46.5 Å². The summed E-state index contributed by atoms with van der Waals surface area (Å²) in [5.74, 6) is -0.175. The number of thiazole rings is 1. The number of nitrogens with one attached hydrogen (secondary N) is 1. The van der Waals surface area contributed by atoms with Crippen molar-refractivity contribution >= 4 is 28.3 Å². The van der Waals surface area contributed by atoms with Crippen molar-refractivity contribution in [3.63, 3.8) is 0 Å². The van der Waals surface area contributed by atoms with E-state index < -0.39 is 6.10 Å². The first-order valence-corrected chi connectivity index (χ1v) is 12.9. The summed E-state index contributed by atoms with van der Waals surface area (Å²) in [5, 5.41) is 15.2. The van der Waals surface area contributed by atoms with Crippen LogP contribution in [0.4, 0.5) is 5.13 Å². The molecule has 1 aromatic heterocycles. The Labute approximate surface area is 202 Å². The molecule has 0 spiro atoms. The van der Waals surface area contributed by atoms with Crippen LogP contribution in [-0.2, 0) is 16.0 Å². The summed E-state index contributed by atoms with van der Waals surface area (Å²) in [6, 6.07) is 0. The van der Waals surface area contributed by atoms with Gasteiger partial charge in [0.1, 0.15) is 0 Å². The van der Waals surface area contributed by atoms with E-state index in [2.05, 4.69) is 25.7 Å². The third-order valence-corrected chi connectivity index (χ3v) is 8.66. The molecule has 0 bridgehead atoms. The van der Waals surface area contributed by atoms with Gasteiger partial charge in [-0.3, -0.25) is 9.59 Å². The lowest BCUT2D eigenvalue weighted by Crippen LogP contribution is -2.53. The van der Waals surface area contributed by atoms with Crippen molar-refractivity contribution < 1.29 is 14.7 Å². The maximum absolute atomic E-state index is 12.9. The van der Waals surface area contributed by atoms with E-state index in [1.807, 2.05) is 27.7 Å². The van der Waals surface area contributed by atoms with Crippen molar-refractivity contribution in [2.45, 2.75) is 79.2 Å². The lowest BCUT2D eigenvalue weighted by Gasteiger charge is -2.53. The van der Waals surface area contributed by atoms with Gasteiger partial charge in [-0.2, -0.15) is 0 Å². The van der Waals surface area contributed by atoms with Crippen LogP contribution in [0.25, 0.3) is 0 Å². The second kappa shape index (κ2) is 9.49. The van der Waals surface area contributed by atoms with Gasteiger partial charge in [-0.15, -0.1) is 17.9 Å². The summed E-state index contributed by atoms with van der Waals surface area (Å²) >= 11 is 1.58. The Kier molecular flexibility index (Phi) is 7.45. The number of aliphatic hydroxyl groups is 1. The quantitative estimate of drug-likeness (QED) is 0.576. The van der Waals surface area contributed by atoms with Gasteiger partial charge < -0.3 is 15.3 Å². The van der Waals surface area contributed by atoms with Gasteiger partial charge in [0.25, 0.3) is 0 Å². The maximum atomic E-state index is 12.9. The zero-order chi connectivity index (χ0) is 24.7. The molecule has 0 unspecified atom stereocenters. The maximum Gasteiger partial charge on any atom is 0.226 e. The SMILES string of the molecule is C=CCN(C)C(=O)[C@@H](C)[C@@H]1CC[C@]2(C)Cc3sc(NC(=O)CC(C)(C)C)nc3[C@H](C)[C@@H]2[C@H]1O. The third kappa shape index (κ3) is 5.35. The molecule has 2 N–H and O–H groups in total. The minimum Gasteiger partial charge on any atom is -0.392 e. The summed E-state index contributed by atoms with van der Waals surface area (Å²) in [4.78, 5) is 33.1. The summed E-state index contributed by atoms with van der Waals surface area (Å²) in [5.41, 5.74) is 0.872. The van der Waals surface area contributed by atoms with Gasteiger partial charge in [-0.25, -0.2) is 4.98 Å². The lowest BCUT2D eigenvalue weighted by atomic mass is 9.53. The molecule has 7 heteroatoms. The number of amides is 2. The Morgan fingerprint density at radius 3 is 2.70 bits per heavy atom. The highest BCUT2D eigenvalue weighted by Gasteiger charge is 2.54. The summed E-state index contributed by atoms with van der Waals surface area (Å²) in [6.07, 6.45) is 4.26. The van der Waals surface area contributed by atoms with Gasteiger partial charge in [-0.1, -0.05) is 47.6 Å². The molecule has 33 heavy (non-hydrogen) atoms. The first kappa shape index (κ1) is 25.9. The zero-order valence-corrected chi connectivity index (χ0v) is 22.1. The fraction of sp³-hybridized carbons (Fsp3) is 0.731. The van der Waals surface area contributed by atoms with E-state index in [4.69, 9.17) is 4.98 Å². The zero-order valence-electron chi connectivity index (χ0n) is 21.3. The van der Waals surface area contributed by atoms with E-state index in [9.17, 15) is 14.7 Å². The molecule has 0 radical (unpaired) electrons. The van der Waals surface area contributed by atoms with E-state index in [0.29, 0.717) is 18.1 Å². The fourth-order valence-corrected chi connectivity index (χ4v) is 7.34. The minimum absolute atomic E-state index is 0.0130. The number of carbonyl (C=O) groups excluding carboxylic acids is 2. The standard InChI is InChI=1S/C26H41N3O3S/c1-9-12-29(8)23(32)15(2)17-10-11-26(7)13-18-21(16(3)20(26)22(17)31)28-24(33-18)27-19(30)14-25(4,5)6/h9,15-17,20,22,31H,1,10-14H2,2-8H3,(H,27,28,30)/t15-,16+,17-,20+,22-,26+/m0/s1. The molecule has 2 amide bonds. The number of hydrogen-bond acceptors (Lipinski definition) is 5. The molecule has 3 rings (SSSR count). The third-order valence-electron chi connectivity index (χ3n) is 7.67. The lowest BCUT2D eigenvalue weighted by molar-refractivity contribution is -0.143. The largest absolute Gasteiger partial charge is 0.392 e. The minimum atomic E-state index is -0.566. The molecule has 0 aromatic carbocycles. The van der Waals surface area contributed by atoms with Crippen molar-refractivity contribution in [3.05, 3.63) is 23.2 Å². The van der Waals surface area contributed by atoms with Crippen LogP contribution in [0, 0.1) is 28.6 Å². The van der Waals surface area contributed by atoms with Gasteiger partial charge in [0.15, 0.2) is 5.13 Å². The van der Waals surface area contributed by atoms with Crippen molar-refractivity contribution in [1.82, 2.24) is 9.88 Å². The number of anilines is 1. The summed E-state index contributed by atoms with van der Waals surface area (Å²) in [7, 11) is 1.79. The highest BCUT2D eigenvalue weighted by Crippen LogP contribution is 2.57. The average molecular weight is 476 g/mol. The van der Waals surface area contributed by atoms with E-state index >= 15 is 0 Å². The predicted molar refractivity (Wildman–Crippen MR) is 134 cm³/mol. The molecule has 1 saturated carbocycles. The van der Waals surface area contributed by atoms with Crippen LogP contribution >= 0.6 is 11.3 Å². The number of fused-ring (bicyclic) bond motifs is 2. The number of hydrogen-bond donors (Lipinski definition) is 2. The molecule has 2 aliphatic carbocycles. The van der Waals surface area contributed by atoms with Crippen molar-refractivity contribution in [1.29, 1.82) is 0 Å². The molecule has 0 saturated heterocycles. The van der Waals surface area contributed by atoms with Gasteiger partial charge in [0.05, 0.1) is 11.8 Å². The van der Waals surface area contributed by atoms with Gasteiger partial charge in [-0.05, 0) is 41.9 Å². The Balaban J connectivity index is 1.80. The first-order chi connectivity index (χ1) is 15.3. The monoisotopic (exact) mass is 475 g/mol. The first-order valence-electron chi connectivity index (χ1n) is 12.1. The smallest absolute Gasteiger partial charge is 0.226 e. The normalized spacial score (nSPS) is 30.1. The highest BCUT2D eigenvalue weighted by atomic mass is 32.1. The Morgan fingerprint density at radius 1 is 1.42 bits per heavy atom. The molecule has 2 aliphatic rings. The second-order valence-corrected chi connectivity index (χ2v) is 12.8. The van der Waals surface area contributed by atoms with Crippen molar-refractivity contribution in [2.75, 3.05) is 18.9 Å². The Hall–Kier alpha value is -1.73. The summed E-state index contributed by atoms with van der Waals surface area (Å²) in [6.45, 7) is 16.7. The second-order valence-electron chi connectivity index (χ2n) is 11.7. The van der Waals surface area contributed by atoms with E-state index in [-0.39, 0.29) is 46.3 Å². The molecule has 1 aromatic rings. The molecular formula is C26H41N3O3S. The van der Waals surface area contributed by atoms with Gasteiger partial charge in [0, 0.05) is 36.7 Å². The number of carbonyl (C=O) groups is 2. The number of rotatable bonds is 6. The number of aromatic nitrogens is 1. The van der Waals surface area contributed by atoms with Crippen LogP contribution < -0.4 is 5.32 Å². The van der Waals surface area contributed by atoms with Crippen LogP contribution in [0.5, 0.6) is 0 Å². The van der Waals surface area contributed by atoms with Crippen LogP contribution in [0.15, 0.2) is 12.7 Å².